The second-order valence-corrected chi connectivity index (χ2v) is 5.04. The zero-order chi connectivity index (χ0) is 13.1. The van der Waals surface area contributed by atoms with Gasteiger partial charge in [0.25, 0.3) is 0 Å². The van der Waals surface area contributed by atoms with E-state index in [2.05, 4.69) is 44.3 Å². The van der Waals surface area contributed by atoms with Crippen LogP contribution < -0.4 is 5.32 Å². The van der Waals surface area contributed by atoms with Gasteiger partial charge in [-0.2, -0.15) is 0 Å². The Bertz CT molecular complexity index is 507. The topological polar surface area (TPSA) is 25.2 Å². The van der Waals surface area contributed by atoms with Crippen molar-refractivity contribution >= 4 is 0 Å². The molecule has 0 bridgehead atoms. The molecule has 1 atom stereocenters. The van der Waals surface area contributed by atoms with Crippen molar-refractivity contribution in [3.05, 3.63) is 58.5 Å². The lowest BCUT2D eigenvalue weighted by atomic mass is 10.0. The third-order valence-corrected chi connectivity index (χ3v) is 3.12. The fraction of sp³-hybridized carbons (Fsp3) is 0.375. The molecular weight excluding hydrogens is 222 g/mol. The number of benzene rings is 1. The zero-order valence-corrected chi connectivity index (χ0v) is 11.6. The molecule has 2 rings (SSSR count). The molecule has 0 aliphatic carbocycles. The molecule has 0 saturated carbocycles. The van der Waals surface area contributed by atoms with Gasteiger partial charge in [-0.1, -0.05) is 29.3 Å². The van der Waals surface area contributed by atoms with E-state index < -0.39 is 0 Å². The van der Waals surface area contributed by atoms with Gasteiger partial charge in [-0.15, -0.1) is 0 Å². The summed E-state index contributed by atoms with van der Waals surface area (Å²) in [6.07, 6.45) is 0. The van der Waals surface area contributed by atoms with Crippen LogP contribution in [0.3, 0.4) is 0 Å². The van der Waals surface area contributed by atoms with Crippen molar-refractivity contribution in [1.29, 1.82) is 0 Å². The lowest BCUT2D eigenvalue weighted by molar-refractivity contribution is 0.444. The van der Waals surface area contributed by atoms with Crippen LogP contribution in [0.15, 0.2) is 34.7 Å². The summed E-state index contributed by atoms with van der Waals surface area (Å²) < 4.78 is 5.55. The molecule has 1 aromatic heterocycles. The van der Waals surface area contributed by atoms with Crippen LogP contribution in [0, 0.1) is 20.8 Å². The predicted molar refractivity (Wildman–Crippen MR) is 74.6 cm³/mol. The van der Waals surface area contributed by atoms with Crippen molar-refractivity contribution in [3.63, 3.8) is 0 Å². The van der Waals surface area contributed by atoms with Crippen molar-refractivity contribution in [3.8, 4) is 0 Å². The van der Waals surface area contributed by atoms with E-state index in [4.69, 9.17) is 4.42 Å². The molecule has 1 N–H and O–H groups in total. The normalized spacial score (nSPS) is 12.7. The molecule has 0 aliphatic rings. The first-order valence-corrected chi connectivity index (χ1v) is 6.41. The van der Waals surface area contributed by atoms with Crippen molar-refractivity contribution in [2.24, 2.45) is 0 Å². The lowest BCUT2D eigenvalue weighted by Crippen LogP contribution is -2.18. The second kappa shape index (κ2) is 5.40. The number of nitrogens with one attached hydrogen (secondary N) is 1. The molecular formula is C16H21NO. The molecule has 0 spiro atoms. The Hall–Kier alpha value is -1.54. The Labute approximate surface area is 109 Å². The molecule has 2 aromatic rings. The zero-order valence-electron chi connectivity index (χ0n) is 11.6. The van der Waals surface area contributed by atoms with Crippen molar-refractivity contribution < 1.29 is 4.42 Å². The van der Waals surface area contributed by atoms with Crippen LogP contribution in [0.2, 0.25) is 0 Å². The fourth-order valence-electron chi connectivity index (χ4n) is 2.21. The van der Waals surface area contributed by atoms with E-state index in [9.17, 15) is 0 Å². The first-order valence-electron chi connectivity index (χ1n) is 6.41. The van der Waals surface area contributed by atoms with E-state index in [1.807, 2.05) is 19.1 Å². The van der Waals surface area contributed by atoms with Gasteiger partial charge in [0, 0.05) is 6.04 Å². The molecule has 2 nitrogen and oxygen atoms in total. The van der Waals surface area contributed by atoms with Crippen LogP contribution >= 0.6 is 0 Å². The molecule has 96 valence electrons. The minimum Gasteiger partial charge on any atom is -0.465 e. The molecule has 1 aromatic carbocycles. The predicted octanol–water partition coefficient (Wildman–Crippen LogP) is 4.06. The van der Waals surface area contributed by atoms with E-state index in [0.717, 1.165) is 18.1 Å². The highest BCUT2D eigenvalue weighted by Gasteiger charge is 2.07. The van der Waals surface area contributed by atoms with Gasteiger partial charge in [0.1, 0.15) is 11.5 Å². The maximum Gasteiger partial charge on any atom is 0.117 e. The van der Waals surface area contributed by atoms with Crippen LogP contribution in [0.1, 0.15) is 41.2 Å². The van der Waals surface area contributed by atoms with Gasteiger partial charge in [0.15, 0.2) is 0 Å². The van der Waals surface area contributed by atoms with Crippen molar-refractivity contribution in [1.82, 2.24) is 5.32 Å². The third kappa shape index (κ3) is 3.23. The highest BCUT2D eigenvalue weighted by atomic mass is 16.3. The summed E-state index contributed by atoms with van der Waals surface area (Å²) >= 11 is 0. The Balaban J connectivity index is 2.01. The van der Waals surface area contributed by atoms with Gasteiger partial charge in [0.2, 0.25) is 0 Å². The van der Waals surface area contributed by atoms with Crippen LogP contribution in [-0.4, -0.2) is 0 Å². The summed E-state index contributed by atoms with van der Waals surface area (Å²) in [6, 6.07) is 11.0. The molecule has 2 heteroatoms. The summed E-state index contributed by atoms with van der Waals surface area (Å²) in [7, 11) is 0. The second-order valence-electron chi connectivity index (χ2n) is 5.04. The summed E-state index contributed by atoms with van der Waals surface area (Å²) in [5.41, 5.74) is 3.95. The Morgan fingerprint density at radius 3 is 2.28 bits per heavy atom. The summed E-state index contributed by atoms with van der Waals surface area (Å²) in [5, 5.41) is 3.49. The van der Waals surface area contributed by atoms with Crippen molar-refractivity contribution in [2.75, 3.05) is 0 Å². The largest absolute Gasteiger partial charge is 0.465 e. The number of aryl methyl sites for hydroxylation is 3. The summed E-state index contributed by atoms with van der Waals surface area (Å²) in [5.74, 6) is 1.95. The lowest BCUT2D eigenvalue weighted by Gasteiger charge is -2.15. The maximum absolute atomic E-state index is 5.55. The minimum absolute atomic E-state index is 0.328. The van der Waals surface area contributed by atoms with Gasteiger partial charge >= 0.3 is 0 Å². The fourth-order valence-corrected chi connectivity index (χ4v) is 2.21. The molecule has 1 unspecified atom stereocenters. The smallest absolute Gasteiger partial charge is 0.117 e. The molecule has 0 amide bonds. The van der Waals surface area contributed by atoms with Crippen molar-refractivity contribution in [2.45, 2.75) is 40.3 Å². The number of hydrogen-bond donors (Lipinski definition) is 1. The minimum atomic E-state index is 0.328. The van der Waals surface area contributed by atoms with Crippen LogP contribution in [0.25, 0.3) is 0 Å². The molecule has 0 aliphatic heterocycles. The summed E-state index contributed by atoms with van der Waals surface area (Å²) in [6.45, 7) is 9.20. The number of rotatable bonds is 4. The first kappa shape index (κ1) is 12.9. The van der Waals surface area contributed by atoms with Gasteiger partial charge < -0.3 is 9.73 Å². The van der Waals surface area contributed by atoms with Crippen LogP contribution in [-0.2, 0) is 6.54 Å². The van der Waals surface area contributed by atoms with Crippen LogP contribution in [0.5, 0.6) is 0 Å². The van der Waals surface area contributed by atoms with Crippen LogP contribution in [0.4, 0.5) is 0 Å². The molecule has 0 radical (unpaired) electrons. The monoisotopic (exact) mass is 243 g/mol. The molecule has 1 heterocycles. The molecule has 18 heavy (non-hydrogen) atoms. The number of furan rings is 1. The quantitative estimate of drug-likeness (QED) is 0.876. The highest BCUT2D eigenvalue weighted by Crippen LogP contribution is 2.17. The highest BCUT2D eigenvalue weighted by molar-refractivity contribution is 5.30. The standard InChI is InChI=1S/C16H21NO/c1-11-7-12(2)9-15(8-11)14(4)17-10-16-6-5-13(3)18-16/h5-9,14,17H,10H2,1-4H3. The van der Waals surface area contributed by atoms with E-state index >= 15 is 0 Å². The average Bonchev–Trinajstić information content (AvgIpc) is 2.70. The van der Waals surface area contributed by atoms with Gasteiger partial charge in [-0.3, -0.25) is 0 Å². The Morgan fingerprint density at radius 1 is 1.06 bits per heavy atom. The molecule has 0 saturated heterocycles. The Kier molecular flexibility index (Phi) is 3.87. The van der Waals surface area contributed by atoms with Gasteiger partial charge in [-0.05, 0) is 45.4 Å². The van der Waals surface area contributed by atoms with E-state index in [1.165, 1.54) is 16.7 Å². The van der Waals surface area contributed by atoms with E-state index in [-0.39, 0.29) is 0 Å². The maximum atomic E-state index is 5.55. The number of hydrogen-bond acceptors (Lipinski definition) is 2. The summed E-state index contributed by atoms with van der Waals surface area (Å²) in [4.78, 5) is 0. The molecule has 0 fully saturated rings. The van der Waals surface area contributed by atoms with Gasteiger partial charge in [0.05, 0.1) is 6.54 Å². The first-order chi connectivity index (χ1) is 8.54. The Morgan fingerprint density at radius 2 is 1.72 bits per heavy atom. The average molecular weight is 243 g/mol. The van der Waals surface area contributed by atoms with Gasteiger partial charge in [-0.25, -0.2) is 0 Å². The third-order valence-electron chi connectivity index (χ3n) is 3.12. The van der Waals surface area contributed by atoms with E-state index in [0.29, 0.717) is 6.04 Å². The SMILES string of the molecule is Cc1cc(C)cc(C(C)NCc2ccc(C)o2)c1. The van der Waals surface area contributed by atoms with E-state index in [1.54, 1.807) is 0 Å².